The van der Waals surface area contributed by atoms with Crippen LogP contribution in [0.15, 0.2) is 42.6 Å². The Kier molecular flexibility index (Phi) is 4.29. The second kappa shape index (κ2) is 6.14. The number of aromatic nitrogens is 1. The van der Waals surface area contributed by atoms with Gasteiger partial charge in [-0.15, -0.1) is 0 Å². The van der Waals surface area contributed by atoms with Gasteiger partial charge in [-0.25, -0.2) is 4.98 Å². The van der Waals surface area contributed by atoms with Gasteiger partial charge >= 0.3 is 0 Å². The van der Waals surface area contributed by atoms with Gasteiger partial charge in [0.05, 0.1) is 6.20 Å². The molecule has 0 saturated carbocycles. The molecule has 1 aromatic heterocycles. The first kappa shape index (κ1) is 13.3. The molecule has 0 N–H and O–H groups in total. The van der Waals surface area contributed by atoms with Gasteiger partial charge in [-0.05, 0) is 36.2 Å². The third-order valence-corrected chi connectivity index (χ3v) is 2.91. The molecule has 2 rings (SSSR count). The Bertz CT molecular complexity index is 544. The first-order valence-corrected chi connectivity index (χ1v) is 6.49. The van der Waals surface area contributed by atoms with Crippen molar-refractivity contribution in [2.75, 3.05) is 0 Å². The molecular weight excluding hydrogens is 238 g/mol. The molecule has 0 amide bonds. The SMILES string of the molecule is CCC(=O)c1ccc(Oc2ccc(CC)cc2)cn1. The Morgan fingerprint density at radius 3 is 2.26 bits per heavy atom. The molecule has 3 heteroatoms. The van der Waals surface area contributed by atoms with Gasteiger partial charge in [0.15, 0.2) is 5.78 Å². The van der Waals surface area contributed by atoms with Gasteiger partial charge in [0.1, 0.15) is 17.2 Å². The highest BCUT2D eigenvalue weighted by molar-refractivity contribution is 5.93. The molecule has 0 aliphatic carbocycles. The first-order chi connectivity index (χ1) is 9.22. The van der Waals surface area contributed by atoms with Crippen molar-refractivity contribution >= 4 is 5.78 Å². The smallest absolute Gasteiger partial charge is 0.180 e. The van der Waals surface area contributed by atoms with Crippen molar-refractivity contribution in [2.45, 2.75) is 26.7 Å². The number of hydrogen-bond acceptors (Lipinski definition) is 3. The molecule has 0 atom stereocenters. The number of rotatable bonds is 5. The fourth-order valence-electron chi connectivity index (χ4n) is 1.72. The molecule has 98 valence electrons. The first-order valence-electron chi connectivity index (χ1n) is 6.49. The lowest BCUT2D eigenvalue weighted by Gasteiger charge is -2.06. The van der Waals surface area contributed by atoms with Gasteiger partial charge in [0.2, 0.25) is 0 Å². The number of Topliss-reactive ketones (excluding diaryl/α,β-unsaturated/α-hetero) is 1. The molecule has 0 aliphatic rings. The molecule has 2 aromatic rings. The second-order valence-corrected chi connectivity index (χ2v) is 4.26. The summed E-state index contributed by atoms with van der Waals surface area (Å²) in [6.07, 6.45) is 3.05. The van der Waals surface area contributed by atoms with Crippen molar-refractivity contribution in [3.05, 3.63) is 53.9 Å². The molecule has 19 heavy (non-hydrogen) atoms. The van der Waals surface area contributed by atoms with Crippen LogP contribution in [0.25, 0.3) is 0 Å². The summed E-state index contributed by atoms with van der Waals surface area (Å²) in [5, 5.41) is 0. The number of ketones is 1. The fourth-order valence-corrected chi connectivity index (χ4v) is 1.72. The van der Waals surface area contributed by atoms with Crippen LogP contribution in [0.3, 0.4) is 0 Å². The van der Waals surface area contributed by atoms with Crippen molar-refractivity contribution in [3.8, 4) is 11.5 Å². The largest absolute Gasteiger partial charge is 0.456 e. The summed E-state index contributed by atoms with van der Waals surface area (Å²) in [5.74, 6) is 1.45. The van der Waals surface area contributed by atoms with Crippen molar-refractivity contribution in [1.82, 2.24) is 4.98 Å². The summed E-state index contributed by atoms with van der Waals surface area (Å²) in [6.45, 7) is 3.94. The number of hydrogen-bond donors (Lipinski definition) is 0. The van der Waals surface area contributed by atoms with Crippen LogP contribution in [0.5, 0.6) is 11.5 Å². The van der Waals surface area contributed by atoms with E-state index in [4.69, 9.17) is 4.74 Å². The van der Waals surface area contributed by atoms with Crippen LogP contribution < -0.4 is 4.74 Å². The molecule has 0 aliphatic heterocycles. The molecule has 3 nitrogen and oxygen atoms in total. The normalized spacial score (nSPS) is 10.2. The maximum absolute atomic E-state index is 11.5. The zero-order valence-corrected chi connectivity index (χ0v) is 11.2. The zero-order chi connectivity index (χ0) is 13.7. The molecule has 0 saturated heterocycles. The Balaban J connectivity index is 2.08. The molecule has 1 heterocycles. The van der Waals surface area contributed by atoms with Gasteiger partial charge in [-0.1, -0.05) is 26.0 Å². The number of carbonyl (C=O) groups is 1. The van der Waals surface area contributed by atoms with Crippen LogP contribution in [0.2, 0.25) is 0 Å². The van der Waals surface area contributed by atoms with E-state index in [1.807, 2.05) is 31.2 Å². The minimum atomic E-state index is 0.0406. The molecule has 1 aromatic carbocycles. The average Bonchev–Trinajstić information content (AvgIpc) is 2.48. The lowest BCUT2D eigenvalue weighted by atomic mass is 10.2. The predicted octanol–water partition coefficient (Wildman–Crippen LogP) is 4.03. The summed E-state index contributed by atoms with van der Waals surface area (Å²) in [5.41, 5.74) is 1.76. The summed E-state index contributed by atoms with van der Waals surface area (Å²) in [4.78, 5) is 15.6. The summed E-state index contributed by atoms with van der Waals surface area (Å²) >= 11 is 0. The van der Waals surface area contributed by atoms with E-state index in [-0.39, 0.29) is 5.78 Å². The highest BCUT2D eigenvalue weighted by atomic mass is 16.5. The third kappa shape index (κ3) is 3.41. The van der Waals surface area contributed by atoms with E-state index in [0.717, 1.165) is 12.2 Å². The number of nitrogens with zero attached hydrogens (tertiary/aromatic N) is 1. The number of aryl methyl sites for hydroxylation is 1. The van der Waals surface area contributed by atoms with E-state index in [1.54, 1.807) is 18.3 Å². The van der Waals surface area contributed by atoms with E-state index in [0.29, 0.717) is 17.9 Å². The standard InChI is InChI=1S/C16H17NO2/c1-3-12-5-7-13(8-6-12)19-14-9-10-15(17-11-14)16(18)4-2/h5-11H,3-4H2,1-2H3. The second-order valence-electron chi connectivity index (χ2n) is 4.26. The van der Waals surface area contributed by atoms with Crippen LogP contribution in [-0.2, 0) is 6.42 Å². The number of ether oxygens (including phenoxy) is 1. The van der Waals surface area contributed by atoms with E-state index in [9.17, 15) is 4.79 Å². The van der Waals surface area contributed by atoms with E-state index in [1.165, 1.54) is 5.56 Å². The van der Waals surface area contributed by atoms with Crippen molar-refractivity contribution in [2.24, 2.45) is 0 Å². The Morgan fingerprint density at radius 2 is 1.74 bits per heavy atom. The van der Waals surface area contributed by atoms with Gasteiger partial charge in [-0.3, -0.25) is 4.79 Å². The Labute approximate surface area is 113 Å². The van der Waals surface area contributed by atoms with Crippen LogP contribution >= 0.6 is 0 Å². The lowest BCUT2D eigenvalue weighted by Crippen LogP contribution is -1.99. The van der Waals surface area contributed by atoms with Crippen LogP contribution in [-0.4, -0.2) is 10.8 Å². The average molecular weight is 255 g/mol. The molecule has 0 unspecified atom stereocenters. The topological polar surface area (TPSA) is 39.2 Å². The number of carbonyl (C=O) groups excluding carboxylic acids is 1. The van der Waals surface area contributed by atoms with Gasteiger partial charge in [0.25, 0.3) is 0 Å². The maximum atomic E-state index is 11.5. The third-order valence-electron chi connectivity index (χ3n) is 2.91. The minimum absolute atomic E-state index is 0.0406. The number of pyridine rings is 1. The zero-order valence-electron chi connectivity index (χ0n) is 11.2. The molecule has 0 radical (unpaired) electrons. The van der Waals surface area contributed by atoms with E-state index in [2.05, 4.69) is 11.9 Å². The quantitative estimate of drug-likeness (QED) is 0.757. The minimum Gasteiger partial charge on any atom is -0.456 e. The predicted molar refractivity (Wildman–Crippen MR) is 74.8 cm³/mol. The highest BCUT2D eigenvalue weighted by Crippen LogP contribution is 2.21. The van der Waals surface area contributed by atoms with E-state index >= 15 is 0 Å². The van der Waals surface area contributed by atoms with Gasteiger partial charge in [-0.2, -0.15) is 0 Å². The van der Waals surface area contributed by atoms with Gasteiger partial charge in [0, 0.05) is 6.42 Å². The van der Waals surface area contributed by atoms with E-state index < -0.39 is 0 Å². The molecule has 0 spiro atoms. The lowest BCUT2D eigenvalue weighted by molar-refractivity contribution is 0.0983. The van der Waals surface area contributed by atoms with Crippen molar-refractivity contribution in [3.63, 3.8) is 0 Å². The summed E-state index contributed by atoms with van der Waals surface area (Å²) in [7, 11) is 0. The highest BCUT2D eigenvalue weighted by Gasteiger charge is 2.05. The van der Waals surface area contributed by atoms with Crippen LogP contribution in [0, 0.1) is 0 Å². The van der Waals surface area contributed by atoms with Gasteiger partial charge < -0.3 is 4.74 Å². The Hall–Kier alpha value is -2.16. The summed E-state index contributed by atoms with van der Waals surface area (Å²) in [6, 6.07) is 11.4. The maximum Gasteiger partial charge on any atom is 0.180 e. The number of benzene rings is 1. The molecular formula is C16H17NO2. The monoisotopic (exact) mass is 255 g/mol. The van der Waals surface area contributed by atoms with Crippen molar-refractivity contribution in [1.29, 1.82) is 0 Å². The Morgan fingerprint density at radius 1 is 1.05 bits per heavy atom. The van der Waals surface area contributed by atoms with Crippen LogP contribution in [0.4, 0.5) is 0 Å². The van der Waals surface area contributed by atoms with Crippen molar-refractivity contribution < 1.29 is 9.53 Å². The molecule has 0 bridgehead atoms. The summed E-state index contributed by atoms with van der Waals surface area (Å²) < 4.78 is 5.67. The fraction of sp³-hybridized carbons (Fsp3) is 0.250. The van der Waals surface area contributed by atoms with Crippen LogP contribution in [0.1, 0.15) is 36.3 Å². The molecule has 0 fully saturated rings.